The summed E-state index contributed by atoms with van der Waals surface area (Å²) in [5.41, 5.74) is 0.982. The van der Waals surface area contributed by atoms with Gasteiger partial charge in [0.1, 0.15) is 0 Å². The molecular formula is C19H35NO. The highest BCUT2D eigenvalue weighted by Crippen LogP contribution is 2.37. The molecule has 2 heteroatoms. The third kappa shape index (κ3) is 4.56. The third-order valence-corrected chi connectivity index (χ3v) is 5.40. The van der Waals surface area contributed by atoms with Crippen LogP contribution in [0.5, 0.6) is 0 Å². The van der Waals surface area contributed by atoms with Crippen LogP contribution in [0.15, 0.2) is 11.6 Å². The SMILES string of the molecule is CCCCC(/C=C1\CN2CCC[C@H]2[C@@](C)(O)C1)CCCC. The van der Waals surface area contributed by atoms with Crippen LogP contribution in [0.25, 0.3) is 0 Å². The molecule has 122 valence electrons. The molecule has 2 saturated heterocycles. The zero-order valence-electron chi connectivity index (χ0n) is 14.4. The summed E-state index contributed by atoms with van der Waals surface area (Å²) in [5.74, 6) is 0.731. The minimum Gasteiger partial charge on any atom is -0.388 e. The lowest BCUT2D eigenvalue weighted by Gasteiger charge is -2.43. The van der Waals surface area contributed by atoms with Gasteiger partial charge in [-0.05, 0) is 51.5 Å². The van der Waals surface area contributed by atoms with Gasteiger partial charge in [0.05, 0.1) is 5.60 Å². The van der Waals surface area contributed by atoms with Crippen molar-refractivity contribution < 1.29 is 5.11 Å². The summed E-state index contributed by atoms with van der Waals surface area (Å²) in [6, 6.07) is 0.402. The summed E-state index contributed by atoms with van der Waals surface area (Å²) in [4.78, 5) is 2.52. The average Bonchev–Trinajstić information content (AvgIpc) is 2.90. The minimum atomic E-state index is -0.513. The largest absolute Gasteiger partial charge is 0.388 e. The Hall–Kier alpha value is -0.340. The zero-order valence-corrected chi connectivity index (χ0v) is 14.4. The van der Waals surface area contributed by atoms with Gasteiger partial charge in [0.2, 0.25) is 0 Å². The Bertz CT molecular complexity index is 339. The van der Waals surface area contributed by atoms with E-state index < -0.39 is 5.60 Å². The van der Waals surface area contributed by atoms with E-state index >= 15 is 0 Å². The number of nitrogens with zero attached hydrogens (tertiary/aromatic N) is 1. The van der Waals surface area contributed by atoms with Crippen LogP contribution in [0.1, 0.15) is 78.6 Å². The molecule has 0 amide bonds. The number of allylic oxidation sites excluding steroid dienone is 1. The number of hydrogen-bond acceptors (Lipinski definition) is 2. The van der Waals surface area contributed by atoms with Crippen LogP contribution < -0.4 is 0 Å². The van der Waals surface area contributed by atoms with Crippen molar-refractivity contribution in [2.75, 3.05) is 13.1 Å². The molecular weight excluding hydrogens is 258 g/mol. The van der Waals surface area contributed by atoms with Crippen LogP contribution in [0.4, 0.5) is 0 Å². The van der Waals surface area contributed by atoms with Gasteiger partial charge in [-0.1, -0.05) is 51.2 Å². The van der Waals surface area contributed by atoms with Crippen molar-refractivity contribution in [3.05, 3.63) is 11.6 Å². The van der Waals surface area contributed by atoms with E-state index in [1.807, 2.05) is 0 Å². The fourth-order valence-corrected chi connectivity index (χ4v) is 4.30. The van der Waals surface area contributed by atoms with E-state index in [0.29, 0.717) is 6.04 Å². The molecule has 1 N–H and O–H groups in total. The molecule has 0 aromatic rings. The lowest BCUT2D eigenvalue weighted by Crippen LogP contribution is -2.52. The second-order valence-corrected chi connectivity index (χ2v) is 7.53. The topological polar surface area (TPSA) is 23.5 Å². The average molecular weight is 293 g/mol. The van der Waals surface area contributed by atoms with E-state index in [-0.39, 0.29) is 0 Å². The number of piperidine rings is 1. The van der Waals surface area contributed by atoms with E-state index in [4.69, 9.17) is 0 Å². The lowest BCUT2D eigenvalue weighted by atomic mass is 9.81. The number of unbranched alkanes of at least 4 members (excludes halogenated alkanes) is 2. The monoisotopic (exact) mass is 293 g/mol. The summed E-state index contributed by atoms with van der Waals surface area (Å²) in [6.07, 6.45) is 13.8. The van der Waals surface area contributed by atoms with Crippen molar-refractivity contribution in [3.63, 3.8) is 0 Å². The molecule has 0 radical (unpaired) electrons. The Morgan fingerprint density at radius 3 is 2.57 bits per heavy atom. The van der Waals surface area contributed by atoms with Crippen molar-refractivity contribution >= 4 is 0 Å². The zero-order chi connectivity index (χ0) is 15.3. The van der Waals surface area contributed by atoms with E-state index in [1.54, 1.807) is 0 Å². The predicted octanol–water partition coefficient (Wildman–Crippen LogP) is 4.53. The molecule has 0 aromatic carbocycles. The highest BCUT2D eigenvalue weighted by molar-refractivity contribution is 5.18. The fourth-order valence-electron chi connectivity index (χ4n) is 4.30. The minimum absolute atomic E-state index is 0.402. The van der Waals surface area contributed by atoms with Crippen LogP contribution >= 0.6 is 0 Å². The molecule has 21 heavy (non-hydrogen) atoms. The standard InChI is InChI=1S/C19H35NO/c1-4-6-9-16(10-7-5-2)13-17-14-19(3,21)18-11-8-12-20(18)15-17/h13,16,18,21H,4-12,14-15H2,1-3H3/b17-13-/t18-,19-/m0/s1. The number of hydrogen-bond donors (Lipinski definition) is 1. The van der Waals surface area contributed by atoms with Gasteiger partial charge in [-0.2, -0.15) is 0 Å². The van der Waals surface area contributed by atoms with Crippen LogP contribution in [0.3, 0.4) is 0 Å². The van der Waals surface area contributed by atoms with Crippen molar-refractivity contribution in [1.82, 2.24) is 4.90 Å². The summed E-state index contributed by atoms with van der Waals surface area (Å²) < 4.78 is 0. The molecule has 0 aromatic heterocycles. The molecule has 2 fully saturated rings. The van der Waals surface area contributed by atoms with Gasteiger partial charge < -0.3 is 5.11 Å². The van der Waals surface area contributed by atoms with Gasteiger partial charge in [-0.15, -0.1) is 0 Å². The molecule has 2 aliphatic heterocycles. The van der Waals surface area contributed by atoms with Crippen molar-refractivity contribution in [1.29, 1.82) is 0 Å². The molecule has 0 spiro atoms. The van der Waals surface area contributed by atoms with Crippen LogP contribution in [-0.2, 0) is 0 Å². The second kappa shape index (κ2) is 7.78. The maximum absolute atomic E-state index is 10.8. The van der Waals surface area contributed by atoms with Crippen LogP contribution in [-0.4, -0.2) is 34.7 Å². The Morgan fingerprint density at radius 2 is 1.95 bits per heavy atom. The first-order valence-electron chi connectivity index (χ1n) is 9.22. The molecule has 2 atom stereocenters. The molecule has 0 unspecified atom stereocenters. The van der Waals surface area contributed by atoms with Gasteiger partial charge in [0, 0.05) is 12.6 Å². The first-order chi connectivity index (χ1) is 10.1. The summed E-state index contributed by atoms with van der Waals surface area (Å²) in [7, 11) is 0. The number of aliphatic hydroxyl groups is 1. The van der Waals surface area contributed by atoms with Gasteiger partial charge in [0.15, 0.2) is 0 Å². The maximum atomic E-state index is 10.8. The quantitative estimate of drug-likeness (QED) is 0.697. The third-order valence-electron chi connectivity index (χ3n) is 5.40. The Labute approximate surface area is 131 Å². The molecule has 2 rings (SSSR count). The van der Waals surface area contributed by atoms with Gasteiger partial charge in [-0.3, -0.25) is 4.90 Å². The summed E-state index contributed by atoms with van der Waals surface area (Å²) >= 11 is 0. The molecule has 0 saturated carbocycles. The molecule has 2 nitrogen and oxygen atoms in total. The first kappa shape index (κ1) is 17.0. The number of rotatable bonds is 7. The van der Waals surface area contributed by atoms with Gasteiger partial charge >= 0.3 is 0 Å². The van der Waals surface area contributed by atoms with E-state index in [2.05, 4.69) is 31.7 Å². The van der Waals surface area contributed by atoms with Gasteiger partial charge in [-0.25, -0.2) is 0 Å². The van der Waals surface area contributed by atoms with Crippen LogP contribution in [0, 0.1) is 5.92 Å². The maximum Gasteiger partial charge on any atom is 0.0811 e. The summed E-state index contributed by atoms with van der Waals surface area (Å²) in [5, 5.41) is 10.8. The normalized spacial score (nSPS) is 32.0. The molecule has 2 heterocycles. The Kier molecular flexibility index (Phi) is 6.31. The van der Waals surface area contributed by atoms with E-state index in [0.717, 1.165) is 18.9 Å². The summed E-state index contributed by atoms with van der Waals surface area (Å²) in [6.45, 7) is 8.90. The first-order valence-corrected chi connectivity index (χ1v) is 9.22. The number of fused-ring (bicyclic) bond motifs is 1. The lowest BCUT2D eigenvalue weighted by molar-refractivity contribution is -0.0330. The van der Waals surface area contributed by atoms with E-state index in [9.17, 15) is 5.11 Å². The van der Waals surface area contributed by atoms with Crippen LogP contribution in [0.2, 0.25) is 0 Å². The van der Waals surface area contributed by atoms with Gasteiger partial charge in [0.25, 0.3) is 0 Å². The fraction of sp³-hybridized carbons (Fsp3) is 0.895. The predicted molar refractivity (Wildman–Crippen MR) is 90.5 cm³/mol. The smallest absolute Gasteiger partial charge is 0.0811 e. The molecule has 0 bridgehead atoms. The van der Waals surface area contributed by atoms with Crippen molar-refractivity contribution in [2.24, 2.45) is 5.92 Å². The molecule has 0 aliphatic carbocycles. The van der Waals surface area contributed by atoms with Crippen molar-refractivity contribution in [3.8, 4) is 0 Å². The highest BCUT2D eigenvalue weighted by atomic mass is 16.3. The second-order valence-electron chi connectivity index (χ2n) is 7.53. The van der Waals surface area contributed by atoms with E-state index in [1.165, 1.54) is 63.5 Å². The Balaban J connectivity index is 2.02. The van der Waals surface area contributed by atoms with Crippen molar-refractivity contribution in [2.45, 2.75) is 90.2 Å². The highest BCUT2D eigenvalue weighted by Gasteiger charge is 2.43. The molecule has 2 aliphatic rings. The Morgan fingerprint density at radius 1 is 1.29 bits per heavy atom.